The summed E-state index contributed by atoms with van der Waals surface area (Å²) in [6.45, 7) is 0.286. The van der Waals surface area contributed by atoms with Crippen LogP contribution in [0, 0.1) is 0 Å². The highest BCUT2D eigenvalue weighted by Crippen LogP contribution is 2.27. The molecule has 30 heavy (non-hydrogen) atoms. The maximum Gasteiger partial charge on any atom is 0.255 e. The molecule has 156 valence electrons. The van der Waals surface area contributed by atoms with Gasteiger partial charge in [0.25, 0.3) is 11.8 Å². The molecule has 0 aliphatic rings. The predicted molar refractivity (Wildman–Crippen MR) is 112 cm³/mol. The van der Waals surface area contributed by atoms with E-state index in [1.54, 1.807) is 36.4 Å². The number of hydrogen-bond acceptors (Lipinski definition) is 6. The summed E-state index contributed by atoms with van der Waals surface area (Å²) < 4.78 is 6.55. The number of methoxy groups -OCH3 is 1. The zero-order valence-corrected chi connectivity index (χ0v) is 16.5. The summed E-state index contributed by atoms with van der Waals surface area (Å²) in [6.07, 6.45) is 0. The van der Waals surface area contributed by atoms with Crippen molar-refractivity contribution >= 4 is 17.6 Å². The normalized spacial score (nSPS) is 10.6. The van der Waals surface area contributed by atoms with Crippen molar-refractivity contribution in [1.29, 1.82) is 0 Å². The summed E-state index contributed by atoms with van der Waals surface area (Å²) in [6, 6.07) is 14.1. The molecule has 0 radical (unpaired) electrons. The van der Waals surface area contributed by atoms with Crippen LogP contribution in [0.1, 0.15) is 26.3 Å². The van der Waals surface area contributed by atoms with Crippen molar-refractivity contribution in [2.75, 3.05) is 19.5 Å². The second-order valence-corrected chi connectivity index (χ2v) is 6.50. The molecule has 0 fully saturated rings. The molecule has 6 N–H and O–H groups in total. The Morgan fingerprint density at radius 2 is 1.87 bits per heavy atom. The summed E-state index contributed by atoms with van der Waals surface area (Å²) in [5, 5.41) is 16.3. The van der Waals surface area contributed by atoms with E-state index >= 15 is 0 Å². The monoisotopic (exact) mass is 409 g/mol. The average Bonchev–Trinajstić information content (AvgIpc) is 3.09. The van der Waals surface area contributed by atoms with Gasteiger partial charge >= 0.3 is 0 Å². The highest BCUT2D eigenvalue weighted by Gasteiger charge is 2.21. The van der Waals surface area contributed by atoms with Crippen LogP contribution in [-0.2, 0) is 13.1 Å². The lowest BCUT2D eigenvalue weighted by Gasteiger charge is -2.09. The lowest BCUT2D eigenvalue weighted by Crippen LogP contribution is -2.23. The topological polar surface area (TPSA) is 145 Å². The summed E-state index contributed by atoms with van der Waals surface area (Å²) in [5.41, 5.74) is 13.8. The van der Waals surface area contributed by atoms with Gasteiger partial charge in [-0.3, -0.25) is 9.59 Å². The van der Waals surface area contributed by atoms with Crippen molar-refractivity contribution in [3.63, 3.8) is 0 Å². The summed E-state index contributed by atoms with van der Waals surface area (Å²) >= 11 is 0. The number of aliphatic hydroxyl groups is 1. The van der Waals surface area contributed by atoms with E-state index in [1.165, 1.54) is 11.8 Å². The van der Waals surface area contributed by atoms with Crippen LogP contribution in [0.3, 0.4) is 0 Å². The minimum atomic E-state index is -0.695. The average molecular weight is 409 g/mol. The first-order valence-corrected chi connectivity index (χ1v) is 9.23. The number of nitrogen functional groups attached to an aromatic ring is 1. The number of aromatic nitrogens is 2. The van der Waals surface area contributed by atoms with E-state index < -0.39 is 5.91 Å². The highest BCUT2D eigenvalue weighted by molar-refractivity contribution is 6.03. The molecule has 2 aromatic carbocycles. The number of aliphatic hydroxyl groups excluding tert-OH is 1. The fraction of sp³-hybridized carbons (Fsp3) is 0.190. The molecule has 0 aliphatic carbocycles. The van der Waals surface area contributed by atoms with Crippen LogP contribution in [0.25, 0.3) is 11.3 Å². The van der Waals surface area contributed by atoms with Crippen molar-refractivity contribution in [2.45, 2.75) is 13.1 Å². The molecule has 1 heterocycles. The first kappa shape index (κ1) is 20.9. The fourth-order valence-electron chi connectivity index (χ4n) is 3.08. The number of amides is 2. The van der Waals surface area contributed by atoms with Crippen LogP contribution in [0.4, 0.5) is 5.82 Å². The Kier molecular flexibility index (Phi) is 6.33. The standard InChI is InChI=1S/C21H23N5O4/c1-30-16-5-3-2-4-15(16)21(29)24-12-13-6-8-14(9-7-13)18-17(20(23)28)19(22)26(25-18)10-11-27/h2-9,27H,10-12,22H2,1H3,(H2,23,28)(H,24,29). The van der Waals surface area contributed by atoms with E-state index in [4.69, 9.17) is 21.3 Å². The Bertz CT molecular complexity index is 1060. The lowest BCUT2D eigenvalue weighted by molar-refractivity contribution is 0.0946. The predicted octanol–water partition coefficient (Wildman–Crippen LogP) is 1.16. The number of hydrogen-bond donors (Lipinski definition) is 4. The number of nitrogens with zero attached hydrogens (tertiary/aromatic N) is 2. The van der Waals surface area contributed by atoms with Crippen LogP contribution < -0.4 is 21.5 Å². The van der Waals surface area contributed by atoms with E-state index in [1.807, 2.05) is 12.1 Å². The van der Waals surface area contributed by atoms with E-state index in [-0.39, 0.29) is 30.4 Å². The number of anilines is 1. The van der Waals surface area contributed by atoms with E-state index in [9.17, 15) is 9.59 Å². The van der Waals surface area contributed by atoms with Crippen LogP contribution >= 0.6 is 0 Å². The SMILES string of the molecule is COc1ccccc1C(=O)NCc1ccc(-c2nn(CCO)c(N)c2C(N)=O)cc1. The van der Waals surface area contributed by atoms with Crippen LogP contribution in [-0.4, -0.2) is 40.4 Å². The van der Waals surface area contributed by atoms with E-state index in [0.29, 0.717) is 29.1 Å². The second kappa shape index (κ2) is 9.10. The van der Waals surface area contributed by atoms with Crippen molar-refractivity contribution in [3.05, 3.63) is 65.2 Å². The van der Waals surface area contributed by atoms with Gasteiger partial charge in [0.15, 0.2) is 0 Å². The van der Waals surface area contributed by atoms with E-state index in [2.05, 4.69) is 10.4 Å². The largest absolute Gasteiger partial charge is 0.496 e. The number of para-hydroxylation sites is 1. The number of ether oxygens (including phenoxy) is 1. The Morgan fingerprint density at radius 3 is 2.50 bits per heavy atom. The first-order valence-electron chi connectivity index (χ1n) is 9.23. The van der Waals surface area contributed by atoms with Crippen molar-refractivity contribution in [3.8, 4) is 17.0 Å². The zero-order chi connectivity index (χ0) is 21.7. The molecule has 9 nitrogen and oxygen atoms in total. The van der Waals surface area contributed by atoms with Gasteiger partial charge < -0.3 is 26.6 Å². The summed E-state index contributed by atoms with van der Waals surface area (Å²) in [7, 11) is 1.51. The summed E-state index contributed by atoms with van der Waals surface area (Å²) in [4.78, 5) is 24.3. The first-order chi connectivity index (χ1) is 14.5. The van der Waals surface area contributed by atoms with Gasteiger partial charge in [0.05, 0.1) is 25.8 Å². The number of carbonyl (C=O) groups excluding carboxylic acids is 2. The molecule has 0 atom stereocenters. The van der Waals surface area contributed by atoms with Crippen LogP contribution in [0.2, 0.25) is 0 Å². The number of nitrogens with one attached hydrogen (secondary N) is 1. The minimum absolute atomic E-state index is 0.111. The van der Waals surface area contributed by atoms with Gasteiger partial charge in [-0.25, -0.2) is 4.68 Å². The van der Waals surface area contributed by atoms with Crippen LogP contribution in [0.5, 0.6) is 5.75 Å². The number of nitrogens with two attached hydrogens (primary N) is 2. The Hall–Kier alpha value is -3.85. The molecule has 2 amide bonds. The van der Waals surface area contributed by atoms with Gasteiger partial charge in [-0.05, 0) is 17.7 Å². The van der Waals surface area contributed by atoms with Crippen molar-refractivity contribution < 1.29 is 19.4 Å². The lowest BCUT2D eigenvalue weighted by atomic mass is 10.0. The van der Waals surface area contributed by atoms with Gasteiger partial charge in [0.2, 0.25) is 0 Å². The maximum atomic E-state index is 12.4. The quantitative estimate of drug-likeness (QED) is 0.439. The Labute approximate surface area is 173 Å². The van der Waals surface area contributed by atoms with Crippen molar-refractivity contribution in [2.24, 2.45) is 5.73 Å². The maximum absolute atomic E-state index is 12.4. The molecule has 0 saturated carbocycles. The molecule has 0 unspecified atom stereocenters. The van der Waals surface area contributed by atoms with Crippen molar-refractivity contribution in [1.82, 2.24) is 15.1 Å². The second-order valence-electron chi connectivity index (χ2n) is 6.50. The van der Waals surface area contributed by atoms with Gasteiger partial charge in [-0.1, -0.05) is 36.4 Å². The summed E-state index contributed by atoms with van der Waals surface area (Å²) in [5.74, 6) is -0.331. The van der Waals surface area contributed by atoms with Gasteiger partial charge in [0, 0.05) is 12.1 Å². The Balaban J connectivity index is 1.76. The Morgan fingerprint density at radius 1 is 1.17 bits per heavy atom. The third-order valence-electron chi connectivity index (χ3n) is 4.58. The van der Waals surface area contributed by atoms with Crippen LogP contribution in [0.15, 0.2) is 48.5 Å². The molecule has 0 spiro atoms. The van der Waals surface area contributed by atoms with E-state index in [0.717, 1.165) is 5.56 Å². The highest BCUT2D eigenvalue weighted by atomic mass is 16.5. The van der Waals surface area contributed by atoms with Gasteiger partial charge in [0.1, 0.15) is 22.8 Å². The van der Waals surface area contributed by atoms with Gasteiger partial charge in [-0.2, -0.15) is 5.10 Å². The fourth-order valence-corrected chi connectivity index (χ4v) is 3.08. The minimum Gasteiger partial charge on any atom is -0.496 e. The van der Waals surface area contributed by atoms with Gasteiger partial charge in [-0.15, -0.1) is 0 Å². The molecule has 0 saturated heterocycles. The number of primary amides is 1. The molecule has 3 rings (SSSR count). The molecule has 9 heteroatoms. The molecule has 3 aromatic rings. The molecule has 0 aliphatic heterocycles. The third kappa shape index (κ3) is 4.26. The zero-order valence-electron chi connectivity index (χ0n) is 16.5. The third-order valence-corrected chi connectivity index (χ3v) is 4.58. The number of rotatable bonds is 8. The molecular formula is C21H23N5O4. The molecule has 0 bridgehead atoms. The number of benzene rings is 2. The molecular weight excluding hydrogens is 386 g/mol. The number of carbonyl (C=O) groups is 2. The molecule has 1 aromatic heterocycles. The smallest absolute Gasteiger partial charge is 0.255 e.